The molecule has 0 aliphatic carbocycles. The van der Waals surface area contributed by atoms with Crippen molar-refractivity contribution in [3.05, 3.63) is 0 Å². The summed E-state index contributed by atoms with van der Waals surface area (Å²) in [5, 5.41) is 10.7. The third-order valence-corrected chi connectivity index (χ3v) is 1.59. The smallest absolute Gasteiger partial charge is 0.307 e. The average molecular weight is 218 g/mol. The first-order valence-electron chi connectivity index (χ1n) is 4.29. The van der Waals surface area contributed by atoms with Gasteiger partial charge in [-0.05, 0) is 0 Å². The molecule has 7 heteroatoms. The van der Waals surface area contributed by atoms with Crippen LogP contribution in [0, 0.1) is 0 Å². The number of carboxylic acids is 1. The van der Waals surface area contributed by atoms with Crippen LogP contribution in [0.3, 0.4) is 0 Å². The summed E-state index contributed by atoms with van der Waals surface area (Å²) < 4.78 is 4.34. The van der Waals surface area contributed by atoms with Crippen LogP contribution in [-0.2, 0) is 19.1 Å². The van der Waals surface area contributed by atoms with Crippen molar-refractivity contribution in [2.45, 2.75) is 18.9 Å². The van der Waals surface area contributed by atoms with E-state index in [9.17, 15) is 14.4 Å². The minimum absolute atomic E-state index is 0.0298. The minimum Gasteiger partial charge on any atom is -0.481 e. The molecule has 0 aliphatic rings. The summed E-state index contributed by atoms with van der Waals surface area (Å²) >= 11 is 0. The van der Waals surface area contributed by atoms with Gasteiger partial charge in [0.1, 0.15) is 0 Å². The number of aliphatic carboxylic acids is 1. The van der Waals surface area contributed by atoms with Crippen molar-refractivity contribution in [2.75, 3.05) is 13.7 Å². The van der Waals surface area contributed by atoms with Gasteiger partial charge in [-0.1, -0.05) is 0 Å². The van der Waals surface area contributed by atoms with Crippen molar-refractivity contribution in [1.29, 1.82) is 0 Å². The zero-order chi connectivity index (χ0) is 11.8. The zero-order valence-corrected chi connectivity index (χ0v) is 8.36. The van der Waals surface area contributed by atoms with Gasteiger partial charge >= 0.3 is 11.9 Å². The molecule has 0 radical (unpaired) electrons. The lowest BCUT2D eigenvalue weighted by Gasteiger charge is -2.09. The topological polar surface area (TPSA) is 119 Å². The van der Waals surface area contributed by atoms with Crippen molar-refractivity contribution in [1.82, 2.24) is 5.32 Å². The maximum Gasteiger partial charge on any atom is 0.307 e. The first-order chi connectivity index (χ1) is 6.97. The monoisotopic (exact) mass is 218 g/mol. The molecule has 0 heterocycles. The molecule has 0 aromatic carbocycles. The number of nitrogens with two attached hydrogens (primary N) is 1. The number of hydrogen-bond acceptors (Lipinski definition) is 5. The number of rotatable bonds is 6. The quantitative estimate of drug-likeness (QED) is 0.465. The highest BCUT2D eigenvalue weighted by molar-refractivity contribution is 5.86. The second-order valence-corrected chi connectivity index (χ2v) is 2.82. The third kappa shape index (κ3) is 6.44. The van der Waals surface area contributed by atoms with E-state index in [2.05, 4.69) is 10.1 Å². The first-order valence-corrected chi connectivity index (χ1v) is 4.29. The number of methoxy groups -OCH3 is 1. The van der Waals surface area contributed by atoms with Crippen LogP contribution in [0.25, 0.3) is 0 Å². The number of carbonyl (C=O) groups excluding carboxylic acids is 2. The van der Waals surface area contributed by atoms with Crippen molar-refractivity contribution < 1.29 is 24.2 Å². The summed E-state index contributed by atoms with van der Waals surface area (Å²) in [6.45, 7) is 0.0822. The summed E-state index contributed by atoms with van der Waals surface area (Å²) in [4.78, 5) is 31.9. The van der Waals surface area contributed by atoms with Gasteiger partial charge in [-0.2, -0.15) is 0 Å². The van der Waals surface area contributed by atoms with Gasteiger partial charge in [0.15, 0.2) is 0 Å². The molecule has 7 nitrogen and oxygen atoms in total. The highest BCUT2D eigenvalue weighted by atomic mass is 16.5. The lowest BCUT2D eigenvalue weighted by molar-refractivity contribution is -0.141. The molecule has 0 spiro atoms. The highest BCUT2D eigenvalue weighted by Crippen LogP contribution is 1.89. The Morgan fingerprint density at radius 3 is 2.53 bits per heavy atom. The third-order valence-electron chi connectivity index (χ3n) is 1.59. The van der Waals surface area contributed by atoms with Gasteiger partial charge in [0.05, 0.1) is 26.0 Å². The predicted molar refractivity (Wildman–Crippen MR) is 49.9 cm³/mol. The SMILES string of the molecule is COC(=O)CCNC(=O)[C@@H](N)CC(=O)O. The van der Waals surface area contributed by atoms with E-state index in [1.807, 2.05) is 0 Å². The van der Waals surface area contributed by atoms with E-state index in [1.54, 1.807) is 0 Å². The zero-order valence-electron chi connectivity index (χ0n) is 8.36. The first kappa shape index (κ1) is 13.4. The normalized spacial score (nSPS) is 11.6. The Labute approximate surface area is 86.6 Å². The fourth-order valence-electron chi connectivity index (χ4n) is 0.802. The summed E-state index contributed by atoms with van der Waals surface area (Å²) in [6.07, 6.45) is -0.411. The van der Waals surface area contributed by atoms with Gasteiger partial charge in [0.25, 0.3) is 0 Å². The number of amides is 1. The fraction of sp³-hybridized carbons (Fsp3) is 0.625. The van der Waals surface area contributed by atoms with Crippen molar-refractivity contribution in [2.24, 2.45) is 5.73 Å². The lowest BCUT2D eigenvalue weighted by atomic mass is 10.2. The van der Waals surface area contributed by atoms with Crippen LogP contribution < -0.4 is 11.1 Å². The molecule has 0 unspecified atom stereocenters. The standard InChI is InChI=1S/C8H14N2O5/c1-15-7(13)2-3-10-8(14)5(9)4-6(11)12/h5H,2-4,9H2,1H3,(H,10,14)(H,11,12)/t5-/m0/s1. The number of nitrogens with one attached hydrogen (secondary N) is 1. The molecule has 15 heavy (non-hydrogen) atoms. The Morgan fingerprint density at radius 1 is 1.47 bits per heavy atom. The van der Waals surface area contributed by atoms with E-state index in [0.717, 1.165) is 0 Å². The van der Waals surface area contributed by atoms with Gasteiger partial charge in [0.2, 0.25) is 5.91 Å². The van der Waals surface area contributed by atoms with E-state index in [-0.39, 0.29) is 13.0 Å². The van der Waals surface area contributed by atoms with Crippen LogP contribution in [-0.4, -0.2) is 42.6 Å². The molecule has 0 aliphatic heterocycles. The largest absolute Gasteiger partial charge is 0.481 e. The van der Waals surface area contributed by atoms with Crippen LogP contribution >= 0.6 is 0 Å². The van der Waals surface area contributed by atoms with Gasteiger partial charge in [-0.15, -0.1) is 0 Å². The van der Waals surface area contributed by atoms with Gasteiger partial charge in [-0.25, -0.2) is 0 Å². The molecular formula is C8H14N2O5. The van der Waals surface area contributed by atoms with Gasteiger partial charge in [0, 0.05) is 6.54 Å². The second kappa shape index (κ2) is 6.77. The van der Waals surface area contributed by atoms with E-state index < -0.39 is 30.3 Å². The lowest BCUT2D eigenvalue weighted by Crippen LogP contribution is -2.42. The Balaban J connectivity index is 3.73. The van der Waals surface area contributed by atoms with E-state index in [1.165, 1.54) is 7.11 Å². The van der Waals surface area contributed by atoms with Crippen LogP contribution in [0.2, 0.25) is 0 Å². The van der Waals surface area contributed by atoms with E-state index in [4.69, 9.17) is 10.8 Å². The highest BCUT2D eigenvalue weighted by Gasteiger charge is 2.16. The molecular weight excluding hydrogens is 204 g/mol. The number of carboxylic acid groups (broad SMARTS) is 1. The number of ether oxygens (including phenoxy) is 1. The molecule has 0 saturated carbocycles. The van der Waals surface area contributed by atoms with E-state index in [0.29, 0.717) is 0 Å². The Morgan fingerprint density at radius 2 is 2.07 bits per heavy atom. The van der Waals surface area contributed by atoms with Crippen LogP contribution in [0.15, 0.2) is 0 Å². The summed E-state index contributed by atoms with van der Waals surface area (Å²) in [5.41, 5.74) is 5.26. The Hall–Kier alpha value is -1.63. The minimum atomic E-state index is -1.15. The molecule has 86 valence electrons. The molecule has 0 saturated heterocycles. The van der Waals surface area contributed by atoms with Gasteiger partial charge < -0.3 is 20.9 Å². The predicted octanol–water partition coefficient (Wildman–Crippen LogP) is -1.53. The average Bonchev–Trinajstić information content (AvgIpc) is 2.16. The van der Waals surface area contributed by atoms with Crippen molar-refractivity contribution >= 4 is 17.8 Å². The molecule has 0 aromatic rings. The van der Waals surface area contributed by atoms with Gasteiger partial charge in [-0.3, -0.25) is 14.4 Å². The fourth-order valence-corrected chi connectivity index (χ4v) is 0.802. The van der Waals surface area contributed by atoms with Crippen LogP contribution in [0.1, 0.15) is 12.8 Å². The molecule has 0 aromatic heterocycles. The number of carbonyl (C=O) groups is 3. The molecule has 0 fully saturated rings. The van der Waals surface area contributed by atoms with Crippen LogP contribution in [0.4, 0.5) is 0 Å². The molecule has 0 rings (SSSR count). The number of esters is 1. The van der Waals surface area contributed by atoms with Crippen molar-refractivity contribution in [3.8, 4) is 0 Å². The van der Waals surface area contributed by atoms with Crippen LogP contribution in [0.5, 0.6) is 0 Å². The maximum atomic E-state index is 11.1. The van der Waals surface area contributed by atoms with E-state index >= 15 is 0 Å². The summed E-state index contributed by atoms with van der Waals surface area (Å²) in [7, 11) is 1.24. The maximum absolute atomic E-state index is 11.1. The Bertz CT molecular complexity index is 253. The number of hydrogen-bond donors (Lipinski definition) is 3. The molecule has 4 N–H and O–H groups in total. The molecule has 1 atom stereocenters. The second-order valence-electron chi connectivity index (χ2n) is 2.82. The Kier molecular flexibility index (Phi) is 6.03. The van der Waals surface area contributed by atoms with Crippen molar-refractivity contribution in [3.63, 3.8) is 0 Å². The summed E-state index contributed by atoms with van der Waals surface area (Å²) in [6, 6.07) is -1.10. The summed E-state index contributed by atoms with van der Waals surface area (Å²) in [5.74, 6) is -2.20. The molecule has 0 bridgehead atoms. The molecule has 1 amide bonds.